The van der Waals surface area contributed by atoms with Gasteiger partial charge in [0.1, 0.15) is 11.7 Å². The van der Waals surface area contributed by atoms with Crippen LogP contribution in [0.15, 0.2) is 24.3 Å². The topological polar surface area (TPSA) is 21.3 Å². The molecule has 0 aliphatic rings. The minimum atomic E-state index is 0.709. The van der Waals surface area contributed by atoms with Crippen LogP contribution in [-0.4, -0.2) is 18.7 Å². The third kappa shape index (κ3) is 3.59. The number of rotatable bonds is 5. The number of ether oxygens (including phenoxy) is 1. The van der Waals surface area contributed by atoms with Gasteiger partial charge >= 0.3 is 0 Å². The molecule has 0 heterocycles. The highest BCUT2D eigenvalue weighted by molar-refractivity contribution is 7.98. The maximum Gasteiger partial charge on any atom is 0.133 e. The van der Waals surface area contributed by atoms with Crippen molar-refractivity contribution < 1.29 is 4.74 Å². The van der Waals surface area contributed by atoms with E-state index in [0.29, 0.717) is 5.94 Å². The fourth-order valence-electron chi connectivity index (χ4n) is 1.00. The Bertz CT molecular complexity index is 235. The molecule has 0 aliphatic carbocycles. The van der Waals surface area contributed by atoms with Gasteiger partial charge in [-0.15, -0.1) is 11.8 Å². The van der Waals surface area contributed by atoms with Crippen molar-refractivity contribution in [3.8, 4) is 5.75 Å². The van der Waals surface area contributed by atoms with E-state index in [2.05, 4.69) is 12.2 Å². The van der Waals surface area contributed by atoms with Gasteiger partial charge in [0.25, 0.3) is 0 Å². The van der Waals surface area contributed by atoms with Crippen molar-refractivity contribution in [2.45, 2.75) is 6.92 Å². The van der Waals surface area contributed by atoms with E-state index in [-0.39, 0.29) is 0 Å². The Morgan fingerprint density at radius 1 is 1.31 bits per heavy atom. The molecule has 1 aromatic carbocycles. The predicted octanol–water partition coefficient (Wildman–Crippen LogP) is 2.82. The zero-order valence-electron chi connectivity index (χ0n) is 8.04. The van der Waals surface area contributed by atoms with Crippen LogP contribution < -0.4 is 10.1 Å². The number of hydrogen-bond acceptors (Lipinski definition) is 3. The third-order valence-electron chi connectivity index (χ3n) is 1.58. The lowest BCUT2D eigenvalue weighted by molar-refractivity contribution is 0.393. The van der Waals surface area contributed by atoms with Crippen LogP contribution in [0.1, 0.15) is 6.92 Å². The molecule has 0 unspecified atom stereocenters. The van der Waals surface area contributed by atoms with Crippen LogP contribution in [0.2, 0.25) is 0 Å². The summed E-state index contributed by atoms with van der Waals surface area (Å²) in [5.74, 6) is 1.64. The fraction of sp³-hybridized carbons (Fsp3) is 0.400. The smallest absolute Gasteiger partial charge is 0.133 e. The molecule has 13 heavy (non-hydrogen) atoms. The first-order valence-electron chi connectivity index (χ1n) is 4.32. The summed E-state index contributed by atoms with van der Waals surface area (Å²) < 4.78 is 5.42. The molecule has 0 saturated heterocycles. The molecule has 0 radical (unpaired) electrons. The Morgan fingerprint density at radius 3 is 2.54 bits per heavy atom. The number of benzene rings is 1. The van der Waals surface area contributed by atoms with Crippen molar-refractivity contribution in [3.05, 3.63) is 24.3 Å². The van der Waals surface area contributed by atoms with Gasteiger partial charge in [0.05, 0.1) is 0 Å². The van der Waals surface area contributed by atoms with E-state index in [1.807, 2.05) is 30.5 Å². The van der Waals surface area contributed by atoms with Crippen LogP contribution in [0.25, 0.3) is 0 Å². The van der Waals surface area contributed by atoms with Gasteiger partial charge in [-0.3, -0.25) is 0 Å². The summed E-state index contributed by atoms with van der Waals surface area (Å²) in [6.07, 6.45) is 2.02. The fourth-order valence-corrected chi connectivity index (χ4v) is 1.25. The zero-order valence-corrected chi connectivity index (χ0v) is 8.86. The van der Waals surface area contributed by atoms with Gasteiger partial charge in [-0.2, -0.15) is 0 Å². The van der Waals surface area contributed by atoms with Crippen LogP contribution >= 0.6 is 11.8 Å². The molecule has 1 rings (SSSR count). The van der Waals surface area contributed by atoms with E-state index in [9.17, 15) is 0 Å². The van der Waals surface area contributed by atoms with Crippen LogP contribution in [0.5, 0.6) is 5.75 Å². The normalized spacial score (nSPS) is 9.69. The maximum absolute atomic E-state index is 5.42. The van der Waals surface area contributed by atoms with Gasteiger partial charge < -0.3 is 10.1 Å². The van der Waals surface area contributed by atoms with E-state index < -0.39 is 0 Å². The van der Waals surface area contributed by atoms with Crippen molar-refractivity contribution in [1.29, 1.82) is 0 Å². The number of thioether (sulfide) groups is 1. The highest BCUT2D eigenvalue weighted by atomic mass is 32.2. The maximum atomic E-state index is 5.42. The lowest BCUT2D eigenvalue weighted by atomic mass is 10.3. The molecule has 0 atom stereocenters. The van der Waals surface area contributed by atoms with Crippen molar-refractivity contribution in [3.63, 3.8) is 0 Å². The molecule has 1 aromatic rings. The Labute approximate surface area is 83.7 Å². The highest BCUT2D eigenvalue weighted by Gasteiger charge is 1.92. The lowest BCUT2D eigenvalue weighted by Gasteiger charge is -2.06. The first kappa shape index (κ1) is 10.3. The SMILES string of the molecule is CCNc1ccc(OCSC)cc1. The summed E-state index contributed by atoms with van der Waals surface area (Å²) in [4.78, 5) is 0. The highest BCUT2D eigenvalue weighted by Crippen LogP contribution is 2.16. The monoisotopic (exact) mass is 197 g/mol. The van der Waals surface area contributed by atoms with E-state index in [1.54, 1.807) is 11.8 Å². The Morgan fingerprint density at radius 2 is 2.00 bits per heavy atom. The van der Waals surface area contributed by atoms with E-state index in [1.165, 1.54) is 0 Å². The van der Waals surface area contributed by atoms with Crippen LogP contribution in [0.3, 0.4) is 0 Å². The molecule has 2 nitrogen and oxygen atoms in total. The second-order valence-corrected chi connectivity index (χ2v) is 3.42. The lowest BCUT2D eigenvalue weighted by Crippen LogP contribution is -1.96. The largest absolute Gasteiger partial charge is 0.483 e. The molecule has 0 aliphatic heterocycles. The zero-order chi connectivity index (χ0) is 9.52. The quantitative estimate of drug-likeness (QED) is 0.733. The second kappa shape index (κ2) is 5.75. The van der Waals surface area contributed by atoms with Gasteiger partial charge in [0.2, 0.25) is 0 Å². The number of anilines is 1. The standard InChI is InChI=1S/C10H15NOS/c1-3-11-9-4-6-10(7-5-9)12-8-13-2/h4-7,11H,3,8H2,1-2H3. The molecule has 72 valence electrons. The van der Waals surface area contributed by atoms with Crippen LogP contribution in [0.4, 0.5) is 5.69 Å². The second-order valence-electron chi connectivity index (χ2n) is 2.61. The molecule has 1 N–H and O–H groups in total. The minimum Gasteiger partial charge on any atom is -0.483 e. The summed E-state index contributed by atoms with van der Waals surface area (Å²) in [6, 6.07) is 8.01. The first-order valence-corrected chi connectivity index (χ1v) is 5.72. The van der Waals surface area contributed by atoms with Crippen LogP contribution in [0, 0.1) is 0 Å². The molecule has 0 saturated carbocycles. The van der Waals surface area contributed by atoms with E-state index >= 15 is 0 Å². The van der Waals surface area contributed by atoms with Gasteiger partial charge in [0.15, 0.2) is 0 Å². The van der Waals surface area contributed by atoms with Crippen molar-refractivity contribution in [2.75, 3.05) is 24.1 Å². The predicted molar refractivity (Wildman–Crippen MR) is 59.6 cm³/mol. The first-order chi connectivity index (χ1) is 6.36. The van der Waals surface area contributed by atoms with Gasteiger partial charge in [0, 0.05) is 12.2 Å². The third-order valence-corrected chi connectivity index (χ3v) is 1.93. The Balaban J connectivity index is 2.48. The average Bonchev–Trinajstić information content (AvgIpc) is 2.17. The van der Waals surface area contributed by atoms with Gasteiger partial charge in [-0.1, -0.05) is 0 Å². The number of hydrogen-bond donors (Lipinski definition) is 1. The molecule has 0 aromatic heterocycles. The van der Waals surface area contributed by atoms with Crippen molar-refractivity contribution >= 4 is 17.4 Å². The number of nitrogens with one attached hydrogen (secondary N) is 1. The molecule has 0 spiro atoms. The molecule has 3 heteroatoms. The van der Waals surface area contributed by atoms with Gasteiger partial charge in [-0.05, 0) is 37.4 Å². The van der Waals surface area contributed by atoms with E-state index in [0.717, 1.165) is 18.0 Å². The molecular formula is C10H15NOS. The Kier molecular flexibility index (Phi) is 4.54. The van der Waals surface area contributed by atoms with Crippen molar-refractivity contribution in [1.82, 2.24) is 0 Å². The molecule has 0 fully saturated rings. The molecular weight excluding hydrogens is 182 g/mol. The summed E-state index contributed by atoms with van der Waals surface area (Å²) in [5, 5.41) is 3.23. The van der Waals surface area contributed by atoms with Crippen molar-refractivity contribution in [2.24, 2.45) is 0 Å². The summed E-state index contributed by atoms with van der Waals surface area (Å²) in [5.41, 5.74) is 1.14. The van der Waals surface area contributed by atoms with Gasteiger partial charge in [-0.25, -0.2) is 0 Å². The average molecular weight is 197 g/mol. The summed E-state index contributed by atoms with van der Waals surface area (Å²) in [7, 11) is 0. The summed E-state index contributed by atoms with van der Waals surface area (Å²) in [6.45, 7) is 3.03. The van der Waals surface area contributed by atoms with E-state index in [4.69, 9.17) is 4.74 Å². The van der Waals surface area contributed by atoms with Crippen LogP contribution in [-0.2, 0) is 0 Å². The minimum absolute atomic E-state index is 0.709. The Hall–Kier alpha value is -0.830. The molecule has 0 amide bonds. The summed E-state index contributed by atoms with van der Waals surface area (Å²) >= 11 is 1.67. The molecule has 0 bridgehead atoms.